The van der Waals surface area contributed by atoms with E-state index in [4.69, 9.17) is 0 Å². The topological polar surface area (TPSA) is 76.3 Å². The zero-order valence-corrected chi connectivity index (χ0v) is 18.1. The Labute approximate surface area is 178 Å². The van der Waals surface area contributed by atoms with Crippen molar-refractivity contribution in [3.05, 3.63) is 64.1 Å². The molecule has 2 heterocycles. The van der Waals surface area contributed by atoms with Gasteiger partial charge in [-0.2, -0.15) is 0 Å². The summed E-state index contributed by atoms with van der Waals surface area (Å²) in [6.45, 7) is 1.76. The van der Waals surface area contributed by atoms with Crippen LogP contribution in [0.25, 0.3) is 11.0 Å². The molecule has 1 aromatic heterocycles. The number of nitrogens with one attached hydrogen (secondary N) is 1. The molecule has 1 fully saturated rings. The fourth-order valence-electron chi connectivity index (χ4n) is 4.05. The molecule has 0 amide bonds. The van der Waals surface area contributed by atoms with Gasteiger partial charge in [0.2, 0.25) is 10.0 Å². The van der Waals surface area contributed by atoms with E-state index in [0.29, 0.717) is 49.1 Å². The molecule has 0 saturated carbocycles. The van der Waals surface area contributed by atoms with Gasteiger partial charge in [-0.25, -0.2) is 26.7 Å². The third-order valence-corrected chi connectivity index (χ3v) is 7.37. The molecule has 1 aliphatic heterocycles. The second kappa shape index (κ2) is 8.18. The quantitative estimate of drug-likeness (QED) is 0.646. The molecule has 1 N–H and O–H groups in total. The number of aromatic nitrogens is 2. The molecule has 0 bridgehead atoms. The zero-order chi connectivity index (χ0) is 22.3. The average Bonchev–Trinajstić information content (AvgIpc) is 2.96. The maximum absolute atomic E-state index is 13.4. The van der Waals surface area contributed by atoms with Gasteiger partial charge in [0.05, 0.1) is 15.9 Å². The highest BCUT2D eigenvalue weighted by Crippen LogP contribution is 2.21. The van der Waals surface area contributed by atoms with Crippen molar-refractivity contribution in [2.24, 2.45) is 14.1 Å². The molecule has 0 aliphatic carbocycles. The third kappa shape index (κ3) is 4.28. The van der Waals surface area contributed by atoms with E-state index < -0.39 is 21.7 Å². The summed E-state index contributed by atoms with van der Waals surface area (Å²) in [5.74, 6) is -1.74. The molecule has 10 heteroatoms. The van der Waals surface area contributed by atoms with Gasteiger partial charge in [0.1, 0.15) is 0 Å². The van der Waals surface area contributed by atoms with Gasteiger partial charge in [-0.05, 0) is 48.7 Å². The van der Waals surface area contributed by atoms with Crippen LogP contribution >= 0.6 is 0 Å². The minimum atomic E-state index is -3.74. The van der Waals surface area contributed by atoms with E-state index in [9.17, 15) is 22.0 Å². The van der Waals surface area contributed by atoms with Crippen molar-refractivity contribution in [2.75, 3.05) is 13.1 Å². The minimum absolute atomic E-state index is 0.116. The Balaban J connectivity index is 1.41. The molecular formula is C21H24F2N4O3S. The predicted molar refractivity (Wildman–Crippen MR) is 113 cm³/mol. The first-order valence-electron chi connectivity index (χ1n) is 10.00. The Hall–Kier alpha value is -2.56. The number of benzene rings is 2. The molecular weight excluding hydrogens is 426 g/mol. The van der Waals surface area contributed by atoms with Gasteiger partial charge >= 0.3 is 5.69 Å². The lowest BCUT2D eigenvalue weighted by Crippen LogP contribution is -2.44. The van der Waals surface area contributed by atoms with Crippen LogP contribution in [0.3, 0.4) is 0 Å². The van der Waals surface area contributed by atoms with Gasteiger partial charge in [-0.1, -0.05) is 6.07 Å². The largest absolute Gasteiger partial charge is 0.328 e. The summed E-state index contributed by atoms with van der Waals surface area (Å²) in [4.78, 5) is 14.3. The molecule has 1 saturated heterocycles. The van der Waals surface area contributed by atoms with Crippen LogP contribution in [0.4, 0.5) is 8.78 Å². The van der Waals surface area contributed by atoms with Crippen LogP contribution in [0.1, 0.15) is 18.4 Å². The van der Waals surface area contributed by atoms with Crippen molar-refractivity contribution in [3.8, 4) is 0 Å². The van der Waals surface area contributed by atoms with E-state index in [1.807, 2.05) is 0 Å². The Morgan fingerprint density at radius 3 is 2.32 bits per heavy atom. The van der Waals surface area contributed by atoms with E-state index in [1.54, 1.807) is 26.2 Å². The third-order valence-electron chi connectivity index (χ3n) is 5.85. The highest BCUT2D eigenvalue weighted by Gasteiger charge is 2.25. The standard InChI is InChI=1S/C21H24F2N4O3S/c1-25-19-6-4-16(12-20(19)26(2)21(25)28)31(29,30)24-15-7-9-27(10-8-15)13-14-3-5-17(22)18(23)11-14/h3-6,11-12,15,24H,7-10,13H2,1-2H3. The first-order chi connectivity index (χ1) is 14.7. The smallest absolute Gasteiger partial charge is 0.299 e. The molecule has 2 aromatic carbocycles. The number of hydrogen-bond donors (Lipinski definition) is 1. The first kappa shape index (κ1) is 21.7. The summed E-state index contributed by atoms with van der Waals surface area (Å²) >= 11 is 0. The van der Waals surface area contributed by atoms with Gasteiger partial charge in [0.25, 0.3) is 0 Å². The number of nitrogens with zero attached hydrogens (tertiary/aromatic N) is 3. The van der Waals surface area contributed by atoms with Crippen LogP contribution < -0.4 is 10.4 Å². The van der Waals surface area contributed by atoms with Crippen molar-refractivity contribution in [1.82, 2.24) is 18.8 Å². The summed E-state index contributed by atoms with van der Waals surface area (Å²) in [7, 11) is -0.490. The number of rotatable bonds is 5. The second-order valence-electron chi connectivity index (χ2n) is 7.97. The van der Waals surface area contributed by atoms with Gasteiger partial charge in [0, 0.05) is 39.8 Å². The number of fused-ring (bicyclic) bond motifs is 1. The number of likely N-dealkylation sites (tertiary alicyclic amines) is 1. The molecule has 0 spiro atoms. The van der Waals surface area contributed by atoms with E-state index in [2.05, 4.69) is 9.62 Å². The first-order valence-corrected chi connectivity index (χ1v) is 11.5. The summed E-state index contributed by atoms with van der Waals surface area (Å²) in [6.07, 6.45) is 1.21. The van der Waals surface area contributed by atoms with Crippen molar-refractivity contribution < 1.29 is 17.2 Å². The average molecular weight is 451 g/mol. The van der Waals surface area contributed by atoms with Crippen LogP contribution in [0.5, 0.6) is 0 Å². The lowest BCUT2D eigenvalue weighted by atomic mass is 10.1. The molecule has 3 aromatic rings. The second-order valence-corrected chi connectivity index (χ2v) is 9.69. The Kier molecular flexibility index (Phi) is 5.71. The van der Waals surface area contributed by atoms with E-state index in [1.165, 1.54) is 27.3 Å². The van der Waals surface area contributed by atoms with Crippen molar-refractivity contribution in [2.45, 2.75) is 30.3 Å². The summed E-state index contributed by atoms with van der Waals surface area (Å²) in [5.41, 5.74) is 1.68. The van der Waals surface area contributed by atoms with E-state index >= 15 is 0 Å². The maximum atomic E-state index is 13.4. The highest BCUT2D eigenvalue weighted by molar-refractivity contribution is 7.89. The highest BCUT2D eigenvalue weighted by atomic mass is 32.2. The molecule has 4 rings (SSSR count). The van der Waals surface area contributed by atoms with Crippen molar-refractivity contribution >= 4 is 21.1 Å². The fraction of sp³-hybridized carbons (Fsp3) is 0.381. The number of aryl methyl sites for hydroxylation is 2. The molecule has 31 heavy (non-hydrogen) atoms. The van der Waals surface area contributed by atoms with E-state index in [0.717, 1.165) is 6.07 Å². The van der Waals surface area contributed by atoms with Crippen molar-refractivity contribution in [1.29, 1.82) is 0 Å². The summed E-state index contributed by atoms with van der Waals surface area (Å²) in [5, 5.41) is 0. The van der Waals surface area contributed by atoms with Crippen LogP contribution in [0, 0.1) is 11.6 Å². The van der Waals surface area contributed by atoms with Gasteiger partial charge in [-0.15, -0.1) is 0 Å². The number of sulfonamides is 1. The fourth-order valence-corrected chi connectivity index (χ4v) is 5.37. The zero-order valence-electron chi connectivity index (χ0n) is 17.3. The summed E-state index contributed by atoms with van der Waals surface area (Å²) in [6, 6.07) is 8.29. The SMILES string of the molecule is Cn1c(=O)n(C)c2cc(S(=O)(=O)NC3CCN(Cc4ccc(F)c(F)c4)CC3)ccc21. The number of imidazole rings is 1. The molecule has 0 atom stereocenters. The van der Waals surface area contributed by atoms with Gasteiger partial charge < -0.3 is 0 Å². The Morgan fingerprint density at radius 2 is 1.65 bits per heavy atom. The van der Waals surface area contributed by atoms with Gasteiger partial charge in [-0.3, -0.25) is 14.0 Å². The molecule has 166 valence electrons. The van der Waals surface area contributed by atoms with Crippen LogP contribution in [0.15, 0.2) is 46.1 Å². The minimum Gasteiger partial charge on any atom is -0.299 e. The summed E-state index contributed by atoms with van der Waals surface area (Å²) < 4.78 is 57.9. The maximum Gasteiger partial charge on any atom is 0.328 e. The molecule has 0 radical (unpaired) electrons. The Bertz CT molecular complexity index is 1290. The number of hydrogen-bond acceptors (Lipinski definition) is 4. The van der Waals surface area contributed by atoms with E-state index in [-0.39, 0.29) is 16.6 Å². The number of halogens is 2. The Morgan fingerprint density at radius 1 is 0.968 bits per heavy atom. The molecule has 7 nitrogen and oxygen atoms in total. The van der Waals surface area contributed by atoms with Crippen LogP contribution in [0.2, 0.25) is 0 Å². The predicted octanol–water partition coefficient (Wildman–Crippen LogP) is 2.10. The van der Waals surface area contributed by atoms with Gasteiger partial charge in [0.15, 0.2) is 11.6 Å². The van der Waals surface area contributed by atoms with Crippen LogP contribution in [-0.2, 0) is 30.7 Å². The normalized spacial score (nSPS) is 16.3. The van der Waals surface area contributed by atoms with Crippen LogP contribution in [-0.4, -0.2) is 41.6 Å². The monoisotopic (exact) mass is 450 g/mol. The van der Waals surface area contributed by atoms with Crippen molar-refractivity contribution in [3.63, 3.8) is 0 Å². The molecule has 1 aliphatic rings. The number of piperidine rings is 1. The lowest BCUT2D eigenvalue weighted by Gasteiger charge is -2.32. The molecule has 0 unspecified atom stereocenters. The lowest BCUT2D eigenvalue weighted by molar-refractivity contribution is 0.199.